The first-order valence-corrected chi connectivity index (χ1v) is 9.82. The zero-order valence-electron chi connectivity index (χ0n) is 16.6. The first-order chi connectivity index (χ1) is 14.9. The molecule has 0 aromatic heterocycles. The Balaban J connectivity index is 1.53. The van der Waals surface area contributed by atoms with Crippen LogP contribution in [-0.2, 0) is 11.2 Å². The fourth-order valence-electron chi connectivity index (χ4n) is 3.76. The molecule has 3 aromatic rings. The van der Waals surface area contributed by atoms with Crippen LogP contribution in [0.4, 0.5) is 8.78 Å². The van der Waals surface area contributed by atoms with Crippen molar-refractivity contribution in [2.75, 3.05) is 6.54 Å². The van der Waals surface area contributed by atoms with Crippen molar-refractivity contribution >= 4 is 17.5 Å². The van der Waals surface area contributed by atoms with Gasteiger partial charge in [0.15, 0.2) is 0 Å². The summed E-state index contributed by atoms with van der Waals surface area (Å²) in [5.74, 6) is -1.54. The molecule has 2 amide bonds. The van der Waals surface area contributed by atoms with Crippen LogP contribution in [0.1, 0.15) is 33.1 Å². The van der Waals surface area contributed by atoms with E-state index in [9.17, 15) is 18.4 Å². The first-order valence-electron chi connectivity index (χ1n) is 9.82. The van der Waals surface area contributed by atoms with Gasteiger partial charge >= 0.3 is 0 Å². The second-order valence-corrected chi connectivity index (χ2v) is 7.39. The largest absolute Gasteiger partial charge is 0.347 e. The molecule has 3 aromatic carbocycles. The van der Waals surface area contributed by atoms with Crippen LogP contribution < -0.4 is 5.32 Å². The Hall–Kier alpha value is -3.80. The lowest BCUT2D eigenvalue weighted by Gasteiger charge is -2.22. The topological polar surface area (TPSA) is 49.4 Å². The van der Waals surface area contributed by atoms with Crippen molar-refractivity contribution in [3.63, 3.8) is 0 Å². The molecular formula is C25H20F2N2O2. The van der Waals surface area contributed by atoms with Gasteiger partial charge in [-0.25, -0.2) is 8.78 Å². The van der Waals surface area contributed by atoms with E-state index in [1.807, 2.05) is 0 Å². The van der Waals surface area contributed by atoms with E-state index in [1.165, 1.54) is 29.2 Å². The molecule has 1 aliphatic rings. The van der Waals surface area contributed by atoms with E-state index in [1.54, 1.807) is 48.5 Å². The van der Waals surface area contributed by atoms with Gasteiger partial charge in [-0.1, -0.05) is 49.0 Å². The third-order valence-electron chi connectivity index (χ3n) is 5.26. The average molecular weight is 418 g/mol. The van der Waals surface area contributed by atoms with Gasteiger partial charge in [-0.05, 0) is 47.9 Å². The van der Waals surface area contributed by atoms with Gasteiger partial charge < -0.3 is 5.32 Å². The number of amides is 2. The monoisotopic (exact) mass is 418 g/mol. The Kier molecular flexibility index (Phi) is 5.62. The average Bonchev–Trinajstić information content (AvgIpc) is 2.98. The molecule has 31 heavy (non-hydrogen) atoms. The van der Waals surface area contributed by atoms with Crippen LogP contribution in [0.15, 0.2) is 79.4 Å². The van der Waals surface area contributed by atoms with E-state index < -0.39 is 23.6 Å². The fraction of sp³-hybridized carbons (Fsp3) is 0.120. The van der Waals surface area contributed by atoms with E-state index in [4.69, 9.17) is 0 Å². The van der Waals surface area contributed by atoms with Gasteiger partial charge in [0, 0.05) is 16.8 Å². The zero-order chi connectivity index (χ0) is 22.0. The van der Waals surface area contributed by atoms with E-state index in [-0.39, 0.29) is 18.9 Å². The van der Waals surface area contributed by atoms with Crippen LogP contribution in [-0.4, -0.2) is 23.3 Å². The van der Waals surface area contributed by atoms with E-state index in [0.29, 0.717) is 28.0 Å². The molecule has 1 N–H and O–H groups in total. The van der Waals surface area contributed by atoms with Crippen molar-refractivity contribution in [3.8, 4) is 0 Å². The summed E-state index contributed by atoms with van der Waals surface area (Å²) in [6.45, 7) is 3.72. The van der Waals surface area contributed by atoms with Gasteiger partial charge in [-0.3, -0.25) is 14.5 Å². The van der Waals surface area contributed by atoms with Crippen molar-refractivity contribution in [1.82, 2.24) is 10.2 Å². The van der Waals surface area contributed by atoms with Crippen molar-refractivity contribution in [2.24, 2.45) is 0 Å². The van der Waals surface area contributed by atoms with Gasteiger partial charge in [0.1, 0.15) is 18.2 Å². The van der Waals surface area contributed by atoms with Gasteiger partial charge in [0.25, 0.3) is 5.91 Å². The highest BCUT2D eigenvalue weighted by Crippen LogP contribution is 2.31. The van der Waals surface area contributed by atoms with Gasteiger partial charge in [-0.2, -0.15) is 0 Å². The predicted molar refractivity (Wildman–Crippen MR) is 114 cm³/mol. The Morgan fingerprint density at radius 2 is 1.61 bits per heavy atom. The molecule has 0 radical (unpaired) electrons. The standard InChI is InChI=1S/C25H20F2N2O2/c1-16-21-10-2-3-11-22(21)25(31)29(16)15-24(30)28-23(18-7-5-9-20(27)14-18)13-17-6-4-8-19(26)12-17/h2-12,14,23H,1,13,15H2,(H,28,30). The molecule has 1 aliphatic heterocycles. The molecule has 156 valence electrons. The molecule has 0 bridgehead atoms. The molecule has 4 rings (SSSR count). The number of hydrogen-bond donors (Lipinski definition) is 1. The van der Waals surface area contributed by atoms with E-state index in [2.05, 4.69) is 11.9 Å². The number of rotatable bonds is 6. The summed E-state index contributed by atoms with van der Waals surface area (Å²) in [7, 11) is 0. The molecule has 0 fully saturated rings. The summed E-state index contributed by atoms with van der Waals surface area (Å²) in [6.07, 6.45) is 0.266. The highest BCUT2D eigenvalue weighted by atomic mass is 19.1. The lowest BCUT2D eigenvalue weighted by Crippen LogP contribution is -2.39. The van der Waals surface area contributed by atoms with Crippen LogP contribution in [0.2, 0.25) is 0 Å². The zero-order valence-corrected chi connectivity index (χ0v) is 16.6. The maximum Gasteiger partial charge on any atom is 0.259 e. The Morgan fingerprint density at radius 3 is 2.29 bits per heavy atom. The SMILES string of the molecule is C=C1c2ccccc2C(=O)N1CC(=O)NC(Cc1cccc(F)c1)c1cccc(F)c1. The summed E-state index contributed by atoms with van der Waals surface area (Å²) in [4.78, 5) is 26.8. The molecule has 0 aliphatic carbocycles. The second-order valence-electron chi connectivity index (χ2n) is 7.39. The maximum atomic E-state index is 13.8. The summed E-state index contributed by atoms with van der Waals surface area (Å²) in [5.41, 5.74) is 2.86. The summed E-state index contributed by atoms with van der Waals surface area (Å²) in [5, 5.41) is 2.86. The Labute approximate surface area is 178 Å². The molecule has 0 spiro atoms. The molecule has 6 heteroatoms. The number of hydrogen-bond acceptors (Lipinski definition) is 2. The third kappa shape index (κ3) is 4.38. The number of carbonyl (C=O) groups excluding carboxylic acids is 2. The van der Waals surface area contributed by atoms with Crippen molar-refractivity contribution in [1.29, 1.82) is 0 Å². The minimum absolute atomic E-state index is 0.221. The summed E-state index contributed by atoms with van der Waals surface area (Å²) >= 11 is 0. The van der Waals surface area contributed by atoms with Crippen LogP contribution in [0.5, 0.6) is 0 Å². The lowest BCUT2D eigenvalue weighted by atomic mass is 9.98. The number of nitrogens with zero attached hydrogens (tertiary/aromatic N) is 1. The number of benzene rings is 3. The van der Waals surface area contributed by atoms with E-state index >= 15 is 0 Å². The maximum absolute atomic E-state index is 13.8. The van der Waals surface area contributed by atoms with Gasteiger partial charge in [0.05, 0.1) is 6.04 Å². The van der Waals surface area contributed by atoms with Crippen molar-refractivity contribution in [3.05, 3.63) is 113 Å². The molecule has 1 unspecified atom stereocenters. The summed E-state index contributed by atoms with van der Waals surface area (Å²) < 4.78 is 27.4. The van der Waals surface area contributed by atoms with Crippen molar-refractivity contribution < 1.29 is 18.4 Å². The van der Waals surface area contributed by atoms with Crippen LogP contribution in [0.3, 0.4) is 0 Å². The predicted octanol–water partition coefficient (Wildman–Crippen LogP) is 4.49. The van der Waals surface area contributed by atoms with Crippen LogP contribution >= 0.6 is 0 Å². The van der Waals surface area contributed by atoms with Gasteiger partial charge in [0.2, 0.25) is 5.91 Å². The number of halogens is 2. The minimum Gasteiger partial charge on any atom is -0.347 e. The fourth-order valence-corrected chi connectivity index (χ4v) is 3.76. The highest BCUT2D eigenvalue weighted by molar-refractivity contribution is 6.10. The van der Waals surface area contributed by atoms with E-state index in [0.717, 1.165) is 0 Å². The number of nitrogens with one attached hydrogen (secondary N) is 1. The quantitative estimate of drug-likeness (QED) is 0.641. The lowest BCUT2D eigenvalue weighted by molar-refractivity contribution is -0.122. The normalized spacial score (nSPS) is 13.8. The Bertz CT molecular complexity index is 1140. The number of fused-ring (bicyclic) bond motifs is 1. The van der Waals surface area contributed by atoms with Crippen LogP contribution in [0, 0.1) is 11.6 Å². The molecule has 1 heterocycles. The number of carbonyl (C=O) groups is 2. The first kappa shape index (κ1) is 20.5. The molecule has 0 saturated heterocycles. The van der Waals surface area contributed by atoms with Crippen molar-refractivity contribution in [2.45, 2.75) is 12.5 Å². The third-order valence-corrected chi connectivity index (χ3v) is 5.26. The van der Waals surface area contributed by atoms with Gasteiger partial charge in [-0.15, -0.1) is 0 Å². The molecule has 4 nitrogen and oxygen atoms in total. The second kappa shape index (κ2) is 8.52. The van der Waals surface area contributed by atoms with Crippen LogP contribution in [0.25, 0.3) is 5.70 Å². The molecular weight excluding hydrogens is 398 g/mol. The molecule has 1 atom stereocenters. The molecule has 0 saturated carbocycles. The minimum atomic E-state index is -0.599. The highest BCUT2D eigenvalue weighted by Gasteiger charge is 2.32. The summed E-state index contributed by atoms with van der Waals surface area (Å²) in [6, 6.07) is 18.4. The smallest absolute Gasteiger partial charge is 0.259 e. The Morgan fingerprint density at radius 1 is 0.935 bits per heavy atom.